The van der Waals surface area contributed by atoms with Gasteiger partial charge in [-0.25, -0.2) is 23.9 Å². The van der Waals surface area contributed by atoms with Gasteiger partial charge in [0.15, 0.2) is 0 Å². The molecule has 1 amide bonds. The molecule has 0 aliphatic heterocycles. The summed E-state index contributed by atoms with van der Waals surface area (Å²) in [6.07, 6.45) is 2.87. The van der Waals surface area contributed by atoms with Crippen LogP contribution in [0.3, 0.4) is 0 Å². The van der Waals surface area contributed by atoms with Gasteiger partial charge in [-0.15, -0.1) is 10.2 Å². The topological polar surface area (TPSA) is 226 Å². The number of pyridine rings is 1. The Morgan fingerprint density at radius 2 is 1.26 bits per heavy atom. The van der Waals surface area contributed by atoms with Crippen molar-refractivity contribution in [1.29, 1.82) is 10.5 Å². The lowest BCUT2D eigenvalue weighted by atomic mass is 10.1. The van der Waals surface area contributed by atoms with Gasteiger partial charge < -0.3 is 15.5 Å². The summed E-state index contributed by atoms with van der Waals surface area (Å²) >= 11 is 0. The molecule has 0 saturated carbocycles. The predicted octanol–water partition coefficient (Wildman–Crippen LogP) is 2.47. The minimum absolute atomic E-state index is 0.114. The van der Waals surface area contributed by atoms with Crippen LogP contribution < -0.4 is 5.32 Å². The summed E-state index contributed by atoms with van der Waals surface area (Å²) in [5.74, 6) is -2.96. The molecule has 15 heteroatoms. The van der Waals surface area contributed by atoms with Crippen LogP contribution in [-0.4, -0.2) is 69.6 Å². The molecule has 3 aromatic heterocycles. The molecular weight excluding hydrogens is 556 g/mol. The van der Waals surface area contributed by atoms with Gasteiger partial charge in [-0.05, 0) is 43.3 Å². The van der Waals surface area contributed by atoms with Gasteiger partial charge >= 0.3 is 11.9 Å². The maximum absolute atomic E-state index is 12.8. The summed E-state index contributed by atoms with van der Waals surface area (Å²) < 4.78 is 2.46. The zero-order valence-electron chi connectivity index (χ0n) is 22.1. The Hall–Kier alpha value is -6.74. The molecule has 5 aromatic rings. The average molecular weight is 575 g/mol. The number of hydrogen-bond donors (Lipinski definition) is 3. The zero-order chi connectivity index (χ0) is 30.7. The number of carboxylic acid groups (broad SMARTS) is 2. The van der Waals surface area contributed by atoms with Crippen molar-refractivity contribution in [2.45, 2.75) is 6.92 Å². The number of carbonyl (C=O) groups is 3. The Bertz CT molecular complexity index is 1880. The van der Waals surface area contributed by atoms with Gasteiger partial charge in [-0.1, -0.05) is 22.6 Å². The van der Waals surface area contributed by atoms with Crippen LogP contribution in [0.2, 0.25) is 0 Å². The van der Waals surface area contributed by atoms with Crippen LogP contribution in [-0.2, 0) is 0 Å². The molecule has 0 fully saturated rings. The van der Waals surface area contributed by atoms with E-state index >= 15 is 0 Å². The van der Waals surface area contributed by atoms with Gasteiger partial charge in [0.05, 0.1) is 57.4 Å². The summed E-state index contributed by atoms with van der Waals surface area (Å²) in [5.41, 5.74) is 0.753. The lowest BCUT2D eigenvalue weighted by molar-refractivity contribution is 0.0685. The molecule has 210 valence electrons. The van der Waals surface area contributed by atoms with Crippen molar-refractivity contribution in [2.24, 2.45) is 0 Å². The number of nitrogens with one attached hydrogen (secondary N) is 1. The molecule has 3 heterocycles. The third-order valence-electron chi connectivity index (χ3n) is 6.20. The average Bonchev–Trinajstić information content (AvgIpc) is 3.71. The second-order valence-electron chi connectivity index (χ2n) is 8.82. The third-order valence-corrected chi connectivity index (χ3v) is 6.20. The molecule has 0 radical (unpaired) electrons. The molecule has 3 N–H and O–H groups in total. The third kappa shape index (κ3) is 5.24. The van der Waals surface area contributed by atoms with Crippen LogP contribution in [0.4, 0.5) is 0 Å². The van der Waals surface area contributed by atoms with Crippen LogP contribution in [0.1, 0.15) is 49.1 Å². The number of aromatic carboxylic acids is 2. The van der Waals surface area contributed by atoms with E-state index in [1.54, 1.807) is 6.92 Å². The molecule has 0 saturated heterocycles. The summed E-state index contributed by atoms with van der Waals surface area (Å²) in [6.45, 7) is 2.11. The lowest BCUT2D eigenvalue weighted by Crippen LogP contribution is -2.22. The Labute approximate surface area is 241 Å². The lowest BCUT2D eigenvalue weighted by Gasteiger charge is -2.07. The highest BCUT2D eigenvalue weighted by molar-refractivity contribution is 5.96. The molecule has 15 nitrogen and oxygen atoms in total. The van der Waals surface area contributed by atoms with E-state index in [4.69, 9.17) is 0 Å². The largest absolute Gasteiger partial charge is 0.478 e. The molecule has 0 aliphatic carbocycles. The second-order valence-corrected chi connectivity index (χ2v) is 8.82. The fourth-order valence-electron chi connectivity index (χ4n) is 4.24. The highest BCUT2D eigenvalue weighted by atomic mass is 16.4. The molecule has 0 spiro atoms. The van der Waals surface area contributed by atoms with E-state index in [9.17, 15) is 35.1 Å². The van der Waals surface area contributed by atoms with Crippen molar-refractivity contribution in [3.8, 4) is 46.3 Å². The number of nitrogens with zero attached hydrogens (tertiary/aromatic N) is 9. The number of hydrogen-bond acceptors (Lipinski definition) is 10. The summed E-state index contributed by atoms with van der Waals surface area (Å²) in [5, 5.41) is 57.2. The number of carboxylic acids is 2. The van der Waals surface area contributed by atoms with Gasteiger partial charge in [0.2, 0.25) is 0 Å². The Kier molecular flexibility index (Phi) is 7.37. The zero-order valence-corrected chi connectivity index (χ0v) is 22.1. The first-order valence-corrected chi connectivity index (χ1v) is 12.4. The van der Waals surface area contributed by atoms with Gasteiger partial charge in [0.1, 0.15) is 23.5 Å². The molecule has 43 heavy (non-hydrogen) atoms. The summed E-state index contributed by atoms with van der Waals surface area (Å²) in [6, 6.07) is 15.3. The summed E-state index contributed by atoms with van der Waals surface area (Å²) in [7, 11) is 0. The Morgan fingerprint density at radius 3 is 1.65 bits per heavy atom. The maximum atomic E-state index is 12.8. The smallest absolute Gasteiger partial charge is 0.337 e. The van der Waals surface area contributed by atoms with Crippen molar-refractivity contribution in [3.05, 3.63) is 88.7 Å². The SMILES string of the molecule is CCNC(=O)c1cc(-c2cn(-c3cccc(C(=O)O)c3C#N)nn2)nc(-c2cn(-c3cccc(C(=O)O)c3C#N)nn2)c1. The van der Waals surface area contributed by atoms with Gasteiger partial charge in [-0.3, -0.25) is 4.79 Å². The quantitative estimate of drug-likeness (QED) is 0.243. The van der Waals surface area contributed by atoms with E-state index in [-0.39, 0.29) is 62.0 Å². The first-order valence-electron chi connectivity index (χ1n) is 12.4. The van der Waals surface area contributed by atoms with Crippen molar-refractivity contribution < 1.29 is 24.6 Å². The highest BCUT2D eigenvalue weighted by Gasteiger charge is 2.20. The highest BCUT2D eigenvalue weighted by Crippen LogP contribution is 2.26. The maximum Gasteiger partial charge on any atom is 0.337 e. The number of carbonyl (C=O) groups excluding carboxylic acids is 1. The van der Waals surface area contributed by atoms with Crippen molar-refractivity contribution in [3.63, 3.8) is 0 Å². The molecule has 0 atom stereocenters. The second kappa shape index (κ2) is 11.4. The number of benzene rings is 2. The Morgan fingerprint density at radius 1 is 0.791 bits per heavy atom. The van der Waals surface area contributed by atoms with E-state index in [0.717, 1.165) is 0 Å². The molecule has 0 aliphatic rings. The molecule has 2 aromatic carbocycles. The van der Waals surface area contributed by atoms with Crippen molar-refractivity contribution >= 4 is 17.8 Å². The number of amides is 1. The standard InChI is InChI=1S/C28H18N10O5/c1-2-31-26(39)15-9-20(22-13-37(35-33-22)24-7-3-5-16(27(40)41)18(24)11-29)32-21(10-15)23-14-38(36-34-23)25-8-4-6-17(28(42)43)19(25)12-30/h3-10,13-14H,2H2,1H3,(H,31,39)(H,40,41)(H,42,43). The number of rotatable bonds is 8. The molecular formula is C28H18N10O5. The van der Waals surface area contributed by atoms with Crippen LogP contribution in [0, 0.1) is 22.7 Å². The fraction of sp³-hybridized carbons (Fsp3) is 0.0714. The van der Waals surface area contributed by atoms with Crippen molar-refractivity contribution in [2.75, 3.05) is 6.54 Å². The first kappa shape index (κ1) is 27.8. The minimum Gasteiger partial charge on any atom is -0.478 e. The van der Waals surface area contributed by atoms with E-state index in [2.05, 4.69) is 30.9 Å². The summed E-state index contributed by atoms with van der Waals surface area (Å²) in [4.78, 5) is 40.6. The van der Waals surface area contributed by atoms with Gasteiger partial charge in [-0.2, -0.15) is 10.5 Å². The fourth-order valence-corrected chi connectivity index (χ4v) is 4.24. The minimum atomic E-state index is -1.27. The van der Waals surface area contributed by atoms with Crippen LogP contribution >= 0.6 is 0 Å². The predicted molar refractivity (Wildman–Crippen MR) is 146 cm³/mol. The normalized spacial score (nSPS) is 10.5. The molecule has 5 rings (SSSR count). The van der Waals surface area contributed by atoms with E-state index < -0.39 is 17.8 Å². The molecule has 0 unspecified atom stereocenters. The molecule has 0 bridgehead atoms. The van der Waals surface area contributed by atoms with Crippen LogP contribution in [0.15, 0.2) is 60.9 Å². The number of nitriles is 2. The van der Waals surface area contributed by atoms with E-state index in [0.29, 0.717) is 6.54 Å². The van der Waals surface area contributed by atoms with E-state index in [1.165, 1.54) is 70.3 Å². The first-order chi connectivity index (χ1) is 20.7. The van der Waals surface area contributed by atoms with Crippen molar-refractivity contribution in [1.82, 2.24) is 40.3 Å². The van der Waals surface area contributed by atoms with Gasteiger partial charge in [0, 0.05) is 12.1 Å². The van der Waals surface area contributed by atoms with E-state index in [1.807, 2.05) is 12.1 Å². The monoisotopic (exact) mass is 574 g/mol. The van der Waals surface area contributed by atoms with Crippen LogP contribution in [0.25, 0.3) is 34.2 Å². The van der Waals surface area contributed by atoms with Gasteiger partial charge in [0.25, 0.3) is 5.91 Å². The number of aromatic nitrogens is 7. The van der Waals surface area contributed by atoms with Crippen LogP contribution in [0.5, 0.6) is 0 Å². The Balaban J connectivity index is 1.60.